The van der Waals surface area contributed by atoms with E-state index in [9.17, 15) is 9.36 Å². The lowest BCUT2D eigenvalue weighted by molar-refractivity contribution is 0.0939. The molecule has 3 rings (SSSR count). The maximum atomic E-state index is 12.9. The zero-order valence-corrected chi connectivity index (χ0v) is 17.8. The summed E-state index contributed by atoms with van der Waals surface area (Å²) in [5.41, 5.74) is 7.83. The molecule has 3 N–H and O–H groups in total. The predicted molar refractivity (Wildman–Crippen MR) is 113 cm³/mol. The number of imidazole rings is 1. The predicted octanol–water partition coefficient (Wildman–Crippen LogP) is 2.60. The van der Waals surface area contributed by atoms with Gasteiger partial charge in [0.15, 0.2) is 17.0 Å². The molecular formula is C19H25N6O4P. The summed E-state index contributed by atoms with van der Waals surface area (Å²) in [7, 11) is -3.44. The van der Waals surface area contributed by atoms with Crippen molar-refractivity contribution in [3.8, 4) is 0 Å². The summed E-state index contributed by atoms with van der Waals surface area (Å²) in [6, 6.07) is 9.85. The van der Waals surface area contributed by atoms with Gasteiger partial charge in [-0.15, -0.1) is 0 Å². The molecule has 1 amide bonds. The molecule has 0 unspecified atom stereocenters. The van der Waals surface area contributed by atoms with Crippen LogP contribution in [0.15, 0.2) is 36.7 Å². The first-order chi connectivity index (χ1) is 14.5. The fourth-order valence-corrected chi connectivity index (χ4v) is 4.38. The van der Waals surface area contributed by atoms with E-state index in [0.29, 0.717) is 24.1 Å². The number of hydrogen-bond donors (Lipinski definition) is 2. The van der Waals surface area contributed by atoms with Crippen LogP contribution in [0.1, 0.15) is 30.0 Å². The molecule has 10 nitrogen and oxygen atoms in total. The Labute approximate surface area is 174 Å². The Morgan fingerprint density at radius 1 is 1.17 bits per heavy atom. The summed E-state index contributed by atoms with van der Waals surface area (Å²) in [4.78, 5) is 25.4. The number of hydrogen-bond acceptors (Lipinski definition) is 8. The molecule has 0 saturated heterocycles. The molecule has 11 heteroatoms. The molecule has 0 saturated carbocycles. The quantitative estimate of drug-likeness (QED) is 0.467. The molecule has 160 valence electrons. The number of benzene rings is 1. The topological polar surface area (TPSA) is 134 Å². The normalized spacial score (nSPS) is 11.7. The number of nitrogen functional groups attached to an aromatic ring is 1. The van der Waals surface area contributed by atoms with Crippen LogP contribution in [0.5, 0.6) is 0 Å². The van der Waals surface area contributed by atoms with Crippen LogP contribution in [0.2, 0.25) is 0 Å². The molecule has 3 aromatic rings. The Kier molecular flexibility index (Phi) is 7.15. The Balaban J connectivity index is 1.87. The molecule has 0 aliphatic rings. The van der Waals surface area contributed by atoms with Crippen LogP contribution >= 0.6 is 7.60 Å². The van der Waals surface area contributed by atoms with E-state index in [1.54, 1.807) is 18.4 Å². The standard InChI is InChI=1S/C19H25N6O4P/c1-3-28-30(27,29-4-2)13-23-19(26)18-24-15-16(20)21-12-22-17(15)25(18)11-10-14-8-6-5-7-9-14/h5-9,12H,3-4,10-11,13H2,1-2H3,(H,23,26)(H2,20,21,22). The average molecular weight is 432 g/mol. The summed E-state index contributed by atoms with van der Waals surface area (Å²) in [6.07, 6.45) is 1.72. The minimum atomic E-state index is -3.44. The van der Waals surface area contributed by atoms with Gasteiger partial charge in [-0.1, -0.05) is 30.3 Å². The lowest BCUT2D eigenvalue weighted by Crippen LogP contribution is -2.29. The summed E-state index contributed by atoms with van der Waals surface area (Å²) in [6.45, 7) is 4.27. The number of nitrogens with two attached hydrogens (primary N) is 1. The van der Waals surface area contributed by atoms with Crippen LogP contribution in [0.25, 0.3) is 11.2 Å². The Bertz CT molecular complexity index is 1050. The number of nitrogens with one attached hydrogen (secondary N) is 1. The number of aromatic nitrogens is 4. The van der Waals surface area contributed by atoms with E-state index in [1.807, 2.05) is 30.3 Å². The highest BCUT2D eigenvalue weighted by Crippen LogP contribution is 2.46. The second kappa shape index (κ2) is 9.80. The van der Waals surface area contributed by atoms with Crippen molar-refractivity contribution in [2.24, 2.45) is 0 Å². The van der Waals surface area contributed by atoms with E-state index in [1.165, 1.54) is 6.33 Å². The maximum Gasteiger partial charge on any atom is 0.349 e. The number of nitrogens with zero attached hydrogens (tertiary/aromatic N) is 4. The van der Waals surface area contributed by atoms with Gasteiger partial charge in [-0.05, 0) is 25.8 Å². The Morgan fingerprint density at radius 2 is 1.87 bits per heavy atom. The monoisotopic (exact) mass is 432 g/mol. The van der Waals surface area contributed by atoms with Gasteiger partial charge in [0.25, 0.3) is 5.91 Å². The van der Waals surface area contributed by atoms with Crippen LogP contribution in [0.3, 0.4) is 0 Å². The number of carbonyl (C=O) groups excluding carboxylic acids is 1. The molecule has 1 aromatic carbocycles. The highest BCUT2D eigenvalue weighted by atomic mass is 31.2. The lowest BCUT2D eigenvalue weighted by atomic mass is 10.1. The van der Waals surface area contributed by atoms with E-state index in [0.717, 1.165) is 5.56 Å². The lowest BCUT2D eigenvalue weighted by Gasteiger charge is -2.17. The molecule has 30 heavy (non-hydrogen) atoms. The van der Waals surface area contributed by atoms with Crippen molar-refractivity contribution in [2.75, 3.05) is 25.2 Å². The fraction of sp³-hybridized carbons (Fsp3) is 0.368. The van der Waals surface area contributed by atoms with Crippen molar-refractivity contribution in [2.45, 2.75) is 26.8 Å². The number of fused-ring (bicyclic) bond motifs is 1. The van der Waals surface area contributed by atoms with Crippen molar-refractivity contribution >= 4 is 30.5 Å². The minimum absolute atomic E-state index is 0.104. The summed E-state index contributed by atoms with van der Waals surface area (Å²) in [5.74, 6) is -0.241. The number of anilines is 1. The van der Waals surface area contributed by atoms with Crippen molar-refractivity contribution in [3.63, 3.8) is 0 Å². The van der Waals surface area contributed by atoms with E-state index < -0.39 is 13.5 Å². The molecule has 0 fully saturated rings. The number of amides is 1. The van der Waals surface area contributed by atoms with Crippen LogP contribution in [0, 0.1) is 0 Å². The van der Waals surface area contributed by atoms with Gasteiger partial charge < -0.3 is 24.7 Å². The van der Waals surface area contributed by atoms with Gasteiger partial charge in [0.05, 0.1) is 13.2 Å². The van der Waals surface area contributed by atoms with Crippen molar-refractivity contribution in [1.82, 2.24) is 24.8 Å². The molecule has 0 aliphatic carbocycles. The Hall–Kier alpha value is -2.81. The third-order valence-corrected chi connectivity index (χ3v) is 6.16. The SMILES string of the molecule is CCOP(=O)(CNC(=O)c1nc2c(N)ncnc2n1CCc1ccccc1)OCC. The van der Waals surface area contributed by atoms with E-state index in [-0.39, 0.29) is 31.1 Å². The summed E-state index contributed by atoms with van der Waals surface area (Å²) < 4.78 is 24.8. The Morgan fingerprint density at radius 3 is 2.53 bits per heavy atom. The van der Waals surface area contributed by atoms with Gasteiger partial charge in [0.1, 0.15) is 12.6 Å². The summed E-state index contributed by atoms with van der Waals surface area (Å²) in [5, 5.41) is 2.60. The van der Waals surface area contributed by atoms with Crippen molar-refractivity contribution in [3.05, 3.63) is 48.0 Å². The number of rotatable bonds is 10. The zero-order chi connectivity index (χ0) is 21.6. The van der Waals surface area contributed by atoms with Gasteiger partial charge >= 0.3 is 7.60 Å². The second-order valence-corrected chi connectivity index (χ2v) is 8.42. The van der Waals surface area contributed by atoms with Crippen molar-refractivity contribution in [1.29, 1.82) is 0 Å². The van der Waals surface area contributed by atoms with E-state index >= 15 is 0 Å². The van der Waals surface area contributed by atoms with Gasteiger partial charge in [0.2, 0.25) is 5.82 Å². The van der Waals surface area contributed by atoms with Crippen LogP contribution in [0.4, 0.5) is 5.82 Å². The third-order valence-electron chi connectivity index (χ3n) is 4.32. The van der Waals surface area contributed by atoms with Crippen molar-refractivity contribution < 1.29 is 18.4 Å². The van der Waals surface area contributed by atoms with E-state index in [2.05, 4.69) is 20.3 Å². The largest absolute Gasteiger partial charge is 0.382 e. The first kappa shape index (κ1) is 21.9. The first-order valence-electron chi connectivity index (χ1n) is 9.64. The summed E-state index contributed by atoms with van der Waals surface area (Å²) >= 11 is 0. The molecule has 0 bridgehead atoms. The molecule has 0 aliphatic heterocycles. The van der Waals surface area contributed by atoms with Gasteiger partial charge in [-0.3, -0.25) is 9.36 Å². The molecule has 0 radical (unpaired) electrons. The fourth-order valence-electron chi connectivity index (χ4n) is 2.99. The van der Waals surface area contributed by atoms with Crippen LogP contribution < -0.4 is 11.1 Å². The molecule has 2 heterocycles. The third kappa shape index (κ3) is 5.02. The van der Waals surface area contributed by atoms with Gasteiger partial charge in [-0.2, -0.15) is 0 Å². The number of aryl methyl sites for hydroxylation is 2. The smallest absolute Gasteiger partial charge is 0.349 e. The highest BCUT2D eigenvalue weighted by Gasteiger charge is 2.27. The van der Waals surface area contributed by atoms with E-state index in [4.69, 9.17) is 14.8 Å². The first-order valence-corrected chi connectivity index (χ1v) is 11.4. The molecular weight excluding hydrogens is 407 g/mol. The number of carbonyl (C=O) groups is 1. The van der Waals surface area contributed by atoms with Crippen LogP contribution in [-0.4, -0.2) is 44.9 Å². The van der Waals surface area contributed by atoms with Gasteiger partial charge in [-0.25, -0.2) is 15.0 Å². The maximum absolute atomic E-state index is 12.9. The van der Waals surface area contributed by atoms with Gasteiger partial charge in [0, 0.05) is 6.54 Å². The molecule has 2 aromatic heterocycles. The highest BCUT2D eigenvalue weighted by molar-refractivity contribution is 7.53. The second-order valence-electron chi connectivity index (χ2n) is 6.36. The molecule has 0 atom stereocenters. The minimum Gasteiger partial charge on any atom is -0.382 e. The zero-order valence-electron chi connectivity index (χ0n) is 16.9. The van der Waals surface area contributed by atoms with Crippen LogP contribution in [-0.2, 0) is 26.6 Å². The molecule has 0 spiro atoms. The average Bonchev–Trinajstić information content (AvgIpc) is 3.12.